The lowest BCUT2D eigenvalue weighted by Crippen LogP contribution is -2.28. The molecule has 0 radical (unpaired) electrons. The summed E-state index contributed by atoms with van der Waals surface area (Å²) in [6.45, 7) is 2.10. The van der Waals surface area contributed by atoms with E-state index in [-0.39, 0.29) is 18.2 Å². The minimum atomic E-state index is -0.0508. The van der Waals surface area contributed by atoms with Crippen molar-refractivity contribution in [2.75, 3.05) is 10.2 Å². The highest BCUT2D eigenvalue weighted by atomic mass is 32.2. The van der Waals surface area contributed by atoms with E-state index in [2.05, 4.69) is 12.2 Å². The van der Waals surface area contributed by atoms with Crippen molar-refractivity contribution in [3.63, 3.8) is 0 Å². The average Bonchev–Trinajstić information content (AvgIpc) is 3.15. The van der Waals surface area contributed by atoms with Crippen LogP contribution in [0.4, 0.5) is 11.4 Å². The summed E-state index contributed by atoms with van der Waals surface area (Å²) in [6, 6.07) is 15.9. The Morgan fingerprint density at radius 1 is 1.17 bits per heavy atom. The van der Waals surface area contributed by atoms with E-state index in [0.717, 1.165) is 33.3 Å². The van der Waals surface area contributed by atoms with Crippen LogP contribution in [0.2, 0.25) is 0 Å². The molecule has 0 unspecified atom stereocenters. The lowest BCUT2D eigenvalue weighted by atomic mass is 10.1. The number of nitrogens with one attached hydrogen (secondary N) is 2. The molecule has 2 N–H and O–H groups in total. The van der Waals surface area contributed by atoms with Crippen molar-refractivity contribution in [2.45, 2.75) is 24.7 Å². The molecule has 4 nitrogen and oxygen atoms in total. The predicted molar refractivity (Wildman–Crippen MR) is 98.6 cm³/mol. The zero-order valence-electron chi connectivity index (χ0n) is 13.3. The molecular weight excluding hydrogens is 318 g/mol. The number of hydrogen-bond donors (Lipinski definition) is 2. The van der Waals surface area contributed by atoms with Gasteiger partial charge in [0.2, 0.25) is 5.91 Å². The number of aryl methyl sites for hydroxylation is 1. The molecule has 0 bridgehead atoms. The highest BCUT2D eigenvalue weighted by Gasteiger charge is 2.35. The van der Waals surface area contributed by atoms with Crippen LogP contribution in [0.25, 0.3) is 0 Å². The van der Waals surface area contributed by atoms with E-state index in [9.17, 15) is 4.79 Å². The maximum atomic E-state index is 12.5. The van der Waals surface area contributed by atoms with E-state index >= 15 is 0 Å². The minimum absolute atomic E-state index is 0.0508. The van der Waals surface area contributed by atoms with Crippen LogP contribution in [0.3, 0.4) is 0 Å². The molecule has 1 saturated heterocycles. The van der Waals surface area contributed by atoms with Crippen molar-refractivity contribution in [3.05, 3.63) is 64.7 Å². The monoisotopic (exact) mass is 335 g/mol. The van der Waals surface area contributed by atoms with Crippen molar-refractivity contribution in [1.29, 1.82) is 5.41 Å². The molecule has 2 aliphatic heterocycles. The molecule has 2 heterocycles. The van der Waals surface area contributed by atoms with Crippen LogP contribution in [-0.2, 0) is 11.2 Å². The summed E-state index contributed by atoms with van der Waals surface area (Å²) in [6.07, 6.45) is 1.22. The summed E-state index contributed by atoms with van der Waals surface area (Å²) in [4.78, 5) is 15.1. The van der Waals surface area contributed by atoms with Crippen LogP contribution >= 0.6 is 11.8 Å². The van der Waals surface area contributed by atoms with Crippen molar-refractivity contribution in [1.82, 2.24) is 0 Å². The number of para-hydroxylation sites is 1. The Morgan fingerprint density at radius 2 is 1.92 bits per heavy atom. The lowest BCUT2D eigenvalue weighted by Gasteiger charge is -2.16. The van der Waals surface area contributed by atoms with Gasteiger partial charge in [-0.05, 0) is 36.2 Å². The van der Waals surface area contributed by atoms with Crippen molar-refractivity contribution < 1.29 is 4.79 Å². The van der Waals surface area contributed by atoms with Gasteiger partial charge in [0.1, 0.15) is 5.84 Å². The number of carbonyl (C=O) groups excluding carboxylic acids is 1. The van der Waals surface area contributed by atoms with Crippen LogP contribution in [0.1, 0.15) is 18.9 Å². The van der Waals surface area contributed by atoms with Crippen molar-refractivity contribution in [2.24, 2.45) is 0 Å². The van der Waals surface area contributed by atoms with E-state index < -0.39 is 0 Å². The second-order valence-corrected chi connectivity index (χ2v) is 6.86. The molecule has 120 valence electrons. The Labute approximate surface area is 145 Å². The topological polar surface area (TPSA) is 56.2 Å². The molecular formula is C19H17N3OS. The molecule has 2 aromatic carbocycles. The largest absolute Gasteiger partial charge is 0.349 e. The summed E-state index contributed by atoms with van der Waals surface area (Å²) < 4.78 is 0. The van der Waals surface area contributed by atoms with Crippen LogP contribution in [0.5, 0.6) is 0 Å². The molecule has 0 aliphatic carbocycles. The molecule has 1 fully saturated rings. The molecule has 5 heteroatoms. The maximum absolute atomic E-state index is 12.5. The lowest BCUT2D eigenvalue weighted by molar-refractivity contribution is -0.116. The summed E-state index contributed by atoms with van der Waals surface area (Å²) >= 11 is 1.59. The molecule has 0 spiro atoms. The first-order valence-corrected chi connectivity index (χ1v) is 8.77. The Hall–Kier alpha value is -2.53. The van der Waals surface area contributed by atoms with E-state index in [1.54, 1.807) is 11.8 Å². The number of nitrogens with zero attached hydrogens (tertiary/aromatic N) is 1. The van der Waals surface area contributed by atoms with Gasteiger partial charge in [-0.25, -0.2) is 0 Å². The molecule has 0 atom stereocenters. The molecule has 0 aromatic heterocycles. The SMILES string of the molecule is CCc1ccc(N2C(=N)/C(=C3\Nc4ccccc4S3)CC2=O)cc1. The Morgan fingerprint density at radius 3 is 2.62 bits per heavy atom. The van der Waals surface area contributed by atoms with Gasteiger partial charge in [0.05, 0.1) is 22.8 Å². The first-order valence-electron chi connectivity index (χ1n) is 7.95. The number of amidine groups is 1. The third kappa shape index (κ3) is 2.41. The van der Waals surface area contributed by atoms with Gasteiger partial charge < -0.3 is 5.32 Å². The fraction of sp³-hybridized carbons (Fsp3) is 0.158. The zero-order valence-corrected chi connectivity index (χ0v) is 14.1. The Kier molecular flexibility index (Phi) is 3.65. The fourth-order valence-electron chi connectivity index (χ4n) is 2.97. The Balaban J connectivity index is 1.66. The minimum Gasteiger partial charge on any atom is -0.349 e. The summed E-state index contributed by atoms with van der Waals surface area (Å²) in [7, 11) is 0. The standard InChI is InChI=1S/C19H17N3OS/c1-2-12-7-9-13(10-8-12)22-17(23)11-14(18(22)20)19-21-15-5-3-4-6-16(15)24-19/h3-10,20-21H,2,11H2,1H3/b19-14+,20-18?. The number of benzene rings is 2. The number of fused-ring (bicyclic) bond motifs is 1. The third-order valence-electron chi connectivity index (χ3n) is 4.31. The first-order chi connectivity index (χ1) is 11.7. The van der Waals surface area contributed by atoms with E-state index in [4.69, 9.17) is 5.41 Å². The van der Waals surface area contributed by atoms with Crippen molar-refractivity contribution >= 4 is 34.9 Å². The van der Waals surface area contributed by atoms with Gasteiger partial charge in [0.15, 0.2) is 0 Å². The normalized spacial score (nSPS) is 19.6. The second kappa shape index (κ2) is 5.83. The molecule has 4 rings (SSSR count). The second-order valence-electron chi connectivity index (χ2n) is 5.81. The number of hydrogen-bond acceptors (Lipinski definition) is 4. The van der Waals surface area contributed by atoms with Gasteiger partial charge in [0, 0.05) is 10.5 Å². The quantitative estimate of drug-likeness (QED) is 0.855. The fourth-order valence-corrected chi connectivity index (χ4v) is 4.02. The molecule has 24 heavy (non-hydrogen) atoms. The number of carbonyl (C=O) groups is 1. The van der Waals surface area contributed by atoms with Crippen LogP contribution < -0.4 is 10.2 Å². The summed E-state index contributed by atoms with van der Waals surface area (Å²) in [5.74, 6) is 0.220. The van der Waals surface area contributed by atoms with E-state index in [1.807, 2.05) is 48.5 Å². The Bertz CT molecular complexity index is 843. The number of rotatable bonds is 2. The van der Waals surface area contributed by atoms with Gasteiger partial charge in [-0.15, -0.1) is 0 Å². The molecule has 2 aromatic rings. The van der Waals surface area contributed by atoms with Gasteiger partial charge in [-0.2, -0.15) is 0 Å². The van der Waals surface area contributed by atoms with Gasteiger partial charge in [-0.3, -0.25) is 15.1 Å². The van der Waals surface area contributed by atoms with Gasteiger partial charge in [0.25, 0.3) is 0 Å². The van der Waals surface area contributed by atoms with Crippen LogP contribution in [-0.4, -0.2) is 11.7 Å². The summed E-state index contributed by atoms with van der Waals surface area (Å²) in [5.41, 5.74) is 3.79. The molecule has 0 saturated carbocycles. The first kappa shape index (κ1) is 15.0. The molecule has 1 amide bonds. The molecule has 2 aliphatic rings. The zero-order chi connectivity index (χ0) is 16.7. The average molecular weight is 335 g/mol. The summed E-state index contributed by atoms with van der Waals surface area (Å²) in [5, 5.41) is 12.7. The van der Waals surface area contributed by atoms with E-state index in [1.165, 1.54) is 10.5 Å². The highest BCUT2D eigenvalue weighted by molar-refractivity contribution is 8.03. The van der Waals surface area contributed by atoms with Crippen LogP contribution in [0, 0.1) is 5.41 Å². The third-order valence-corrected chi connectivity index (χ3v) is 5.44. The highest BCUT2D eigenvalue weighted by Crippen LogP contribution is 2.44. The van der Waals surface area contributed by atoms with Gasteiger partial charge in [-0.1, -0.05) is 43.0 Å². The predicted octanol–water partition coefficient (Wildman–Crippen LogP) is 4.39. The van der Waals surface area contributed by atoms with Crippen LogP contribution in [0.15, 0.2) is 64.0 Å². The van der Waals surface area contributed by atoms with Crippen molar-refractivity contribution in [3.8, 4) is 0 Å². The van der Waals surface area contributed by atoms with E-state index in [0.29, 0.717) is 0 Å². The maximum Gasteiger partial charge on any atom is 0.237 e. The smallest absolute Gasteiger partial charge is 0.237 e. The number of anilines is 2. The van der Waals surface area contributed by atoms with Gasteiger partial charge >= 0.3 is 0 Å². The number of thioether (sulfide) groups is 1. The number of amides is 1.